The van der Waals surface area contributed by atoms with Crippen LogP contribution in [0.2, 0.25) is 0 Å². The molecule has 0 saturated carbocycles. The molecule has 0 unspecified atom stereocenters. The van der Waals surface area contributed by atoms with Crippen molar-refractivity contribution in [3.05, 3.63) is 84.2 Å². The zero-order chi connectivity index (χ0) is 26.2. The van der Waals surface area contributed by atoms with E-state index in [-0.39, 0.29) is 29.2 Å². The molecular weight excluding hydrogens is 472 g/mol. The van der Waals surface area contributed by atoms with E-state index in [1.807, 2.05) is 55.5 Å². The Balaban J connectivity index is 1.54. The summed E-state index contributed by atoms with van der Waals surface area (Å²) < 4.78 is 17.3. The Morgan fingerprint density at radius 1 is 1.08 bits per heavy atom. The van der Waals surface area contributed by atoms with E-state index in [1.165, 1.54) is 24.9 Å². The summed E-state index contributed by atoms with van der Waals surface area (Å²) in [7, 11) is 1.38. The maximum atomic E-state index is 13.2. The average Bonchev–Trinajstić information content (AvgIpc) is 2.95. The third kappa shape index (κ3) is 6.58. The fraction of sp³-hybridized carbons (Fsp3) is 0.345. The van der Waals surface area contributed by atoms with Crippen molar-refractivity contribution in [2.24, 2.45) is 5.92 Å². The number of aromatic nitrogens is 1. The Morgan fingerprint density at radius 3 is 2.49 bits per heavy atom. The minimum Gasteiger partial charge on any atom is -0.503 e. The number of hydrogen-bond acceptors (Lipinski definition) is 7. The maximum Gasteiger partial charge on any atom is 0.329 e. The summed E-state index contributed by atoms with van der Waals surface area (Å²) in [6.07, 6.45) is 2.98. The predicted molar refractivity (Wildman–Crippen MR) is 138 cm³/mol. The molecule has 0 bridgehead atoms. The first-order valence-corrected chi connectivity index (χ1v) is 12.4. The fourth-order valence-corrected chi connectivity index (χ4v) is 4.69. The third-order valence-corrected chi connectivity index (χ3v) is 6.57. The highest BCUT2D eigenvalue weighted by molar-refractivity contribution is 5.97. The molecule has 2 aromatic carbocycles. The van der Waals surface area contributed by atoms with Crippen molar-refractivity contribution in [2.45, 2.75) is 50.9 Å². The Kier molecular flexibility index (Phi) is 8.61. The molecule has 4 rings (SSSR count). The molecule has 1 fully saturated rings. The zero-order valence-electron chi connectivity index (χ0n) is 21.0. The molecule has 1 aliphatic rings. The molecule has 1 aliphatic heterocycles. The second kappa shape index (κ2) is 12.3. The van der Waals surface area contributed by atoms with Crippen molar-refractivity contribution in [3.8, 4) is 17.2 Å². The van der Waals surface area contributed by atoms with Crippen molar-refractivity contribution in [1.82, 2.24) is 10.3 Å². The van der Waals surface area contributed by atoms with Crippen molar-refractivity contribution < 1.29 is 28.9 Å². The van der Waals surface area contributed by atoms with E-state index in [0.717, 1.165) is 12.8 Å². The van der Waals surface area contributed by atoms with E-state index < -0.39 is 24.0 Å². The monoisotopic (exact) mass is 504 g/mol. The number of hydrogen-bond donors (Lipinski definition) is 2. The van der Waals surface area contributed by atoms with Gasteiger partial charge in [-0.1, -0.05) is 55.0 Å². The summed E-state index contributed by atoms with van der Waals surface area (Å²) in [4.78, 5) is 30.0. The topological polar surface area (TPSA) is 107 Å². The summed E-state index contributed by atoms with van der Waals surface area (Å²) in [6.45, 7) is 1.82. The Morgan fingerprint density at radius 2 is 1.78 bits per heavy atom. The number of esters is 1. The van der Waals surface area contributed by atoms with E-state index in [4.69, 9.17) is 14.2 Å². The molecule has 0 radical (unpaired) electrons. The van der Waals surface area contributed by atoms with Gasteiger partial charge in [-0.15, -0.1) is 0 Å². The lowest BCUT2D eigenvalue weighted by Crippen LogP contribution is -2.45. The number of amides is 1. The average molecular weight is 505 g/mol. The highest BCUT2D eigenvalue weighted by atomic mass is 16.6. The largest absolute Gasteiger partial charge is 0.503 e. The van der Waals surface area contributed by atoms with E-state index in [1.54, 1.807) is 0 Å². The molecule has 1 amide bonds. The molecule has 0 spiro atoms. The van der Waals surface area contributed by atoms with Gasteiger partial charge in [0.1, 0.15) is 24.0 Å². The standard InChI is InChI=1S/C29H32N2O6/c1-19-27(37-22-13-7-4-8-14-22)21(18-20-10-5-3-6-11-20)12-9-15-23(29(34)36-19)31-28(33)25-26(32)24(35-2)16-17-30-25/h3-8,10-11,13-14,16-17,19,21,23,27,32H,9,12,15,18H2,1-2H3,(H,31,33)/t19-,21+,23-,27-/m0/s1. The van der Waals surface area contributed by atoms with E-state index in [9.17, 15) is 14.7 Å². The molecule has 1 aromatic heterocycles. The molecule has 0 aliphatic carbocycles. The molecule has 194 valence electrons. The zero-order valence-corrected chi connectivity index (χ0v) is 21.0. The van der Waals surface area contributed by atoms with E-state index >= 15 is 0 Å². The van der Waals surface area contributed by atoms with Gasteiger partial charge >= 0.3 is 5.97 Å². The number of methoxy groups -OCH3 is 1. The third-order valence-electron chi connectivity index (χ3n) is 6.57. The normalized spacial score (nSPS) is 22.1. The molecule has 37 heavy (non-hydrogen) atoms. The van der Waals surface area contributed by atoms with Gasteiger partial charge in [0.2, 0.25) is 0 Å². The van der Waals surface area contributed by atoms with Crippen molar-refractivity contribution in [3.63, 3.8) is 0 Å². The van der Waals surface area contributed by atoms with Crippen LogP contribution in [0, 0.1) is 5.92 Å². The second-order valence-electron chi connectivity index (χ2n) is 9.15. The van der Waals surface area contributed by atoms with Crippen LogP contribution < -0.4 is 14.8 Å². The predicted octanol–water partition coefficient (Wildman–Crippen LogP) is 4.32. The van der Waals surface area contributed by atoms with Crippen LogP contribution in [0.1, 0.15) is 42.2 Å². The summed E-state index contributed by atoms with van der Waals surface area (Å²) in [5.74, 6) is -0.712. The van der Waals surface area contributed by atoms with Crippen molar-refractivity contribution in [1.29, 1.82) is 0 Å². The van der Waals surface area contributed by atoms with Gasteiger partial charge in [-0.2, -0.15) is 0 Å². The Labute approximate surface area is 216 Å². The number of pyridine rings is 1. The second-order valence-corrected chi connectivity index (χ2v) is 9.15. The summed E-state index contributed by atoms with van der Waals surface area (Å²) in [5, 5.41) is 13.0. The maximum absolute atomic E-state index is 13.2. The van der Waals surface area contributed by atoms with Crippen molar-refractivity contribution >= 4 is 11.9 Å². The number of nitrogens with one attached hydrogen (secondary N) is 1. The summed E-state index contributed by atoms with van der Waals surface area (Å²) in [6, 6.07) is 20.2. The van der Waals surface area contributed by atoms with Crippen LogP contribution >= 0.6 is 0 Å². The molecule has 1 saturated heterocycles. The lowest BCUT2D eigenvalue weighted by molar-refractivity contribution is -0.156. The molecule has 2 N–H and O–H groups in total. The molecule has 8 nitrogen and oxygen atoms in total. The van der Waals surface area contributed by atoms with Gasteiger partial charge in [-0.25, -0.2) is 9.78 Å². The van der Waals surface area contributed by atoms with Crippen LogP contribution in [0.25, 0.3) is 0 Å². The molecular formula is C29H32N2O6. The molecule has 2 heterocycles. The minimum atomic E-state index is -0.893. The Hall–Kier alpha value is -4.07. The minimum absolute atomic E-state index is 0.0731. The van der Waals surface area contributed by atoms with Crippen LogP contribution in [0.3, 0.4) is 0 Å². The molecule has 3 aromatic rings. The highest BCUT2D eigenvalue weighted by Crippen LogP contribution is 2.30. The summed E-state index contributed by atoms with van der Waals surface area (Å²) >= 11 is 0. The number of aromatic hydroxyl groups is 1. The van der Waals surface area contributed by atoms with Gasteiger partial charge < -0.3 is 24.6 Å². The van der Waals surface area contributed by atoms with Crippen molar-refractivity contribution in [2.75, 3.05) is 7.11 Å². The number of carbonyl (C=O) groups is 2. The summed E-state index contributed by atoms with van der Waals surface area (Å²) in [5.41, 5.74) is 0.962. The van der Waals surface area contributed by atoms with Crippen LogP contribution in [0.4, 0.5) is 0 Å². The number of ether oxygens (including phenoxy) is 3. The number of carbonyl (C=O) groups excluding carboxylic acids is 2. The highest BCUT2D eigenvalue weighted by Gasteiger charge is 2.36. The lowest BCUT2D eigenvalue weighted by Gasteiger charge is -2.31. The first-order chi connectivity index (χ1) is 18.0. The van der Waals surface area contributed by atoms with Gasteiger partial charge in [-0.05, 0) is 43.9 Å². The van der Waals surface area contributed by atoms with E-state index in [0.29, 0.717) is 18.6 Å². The SMILES string of the molecule is COc1ccnc(C(=O)N[C@H]2CCC[C@H](Cc3ccccc3)[C@@H](Oc3ccccc3)[C@H](C)OC2=O)c1O. The van der Waals surface area contributed by atoms with Gasteiger partial charge in [0.15, 0.2) is 17.2 Å². The van der Waals surface area contributed by atoms with E-state index in [2.05, 4.69) is 22.4 Å². The van der Waals surface area contributed by atoms with Gasteiger partial charge in [0.25, 0.3) is 5.91 Å². The molecule has 8 heteroatoms. The first-order valence-electron chi connectivity index (χ1n) is 12.4. The fourth-order valence-electron chi connectivity index (χ4n) is 4.69. The lowest BCUT2D eigenvalue weighted by atomic mass is 9.86. The van der Waals surface area contributed by atoms with Crippen LogP contribution in [-0.2, 0) is 16.0 Å². The number of benzene rings is 2. The number of cyclic esters (lactones) is 1. The smallest absolute Gasteiger partial charge is 0.329 e. The van der Waals surface area contributed by atoms with Crippen LogP contribution in [0.15, 0.2) is 72.9 Å². The first kappa shape index (κ1) is 26.0. The number of para-hydroxylation sites is 1. The molecule has 4 atom stereocenters. The van der Waals surface area contributed by atoms with Gasteiger partial charge in [0, 0.05) is 18.2 Å². The van der Waals surface area contributed by atoms with Gasteiger partial charge in [0.05, 0.1) is 7.11 Å². The van der Waals surface area contributed by atoms with Crippen LogP contribution in [0.5, 0.6) is 17.2 Å². The number of rotatable bonds is 7. The quantitative estimate of drug-likeness (QED) is 0.462. The number of nitrogens with zero attached hydrogens (tertiary/aromatic N) is 1. The Bertz CT molecular complexity index is 1190. The van der Waals surface area contributed by atoms with Gasteiger partial charge in [-0.3, -0.25) is 4.79 Å². The van der Waals surface area contributed by atoms with Crippen LogP contribution in [-0.4, -0.2) is 47.3 Å².